The number of benzene rings is 1. The van der Waals surface area contributed by atoms with Gasteiger partial charge in [-0.25, -0.2) is 9.59 Å². The molecule has 7 heteroatoms. The Balaban J connectivity index is 0.000000343. The third-order valence-electron chi connectivity index (χ3n) is 4.49. The molecule has 1 fully saturated rings. The van der Waals surface area contributed by atoms with Crippen LogP contribution < -0.4 is 0 Å². The van der Waals surface area contributed by atoms with Crippen LogP contribution in [-0.2, 0) is 9.59 Å². The minimum atomic E-state index is -1.26. The van der Waals surface area contributed by atoms with E-state index in [0.717, 1.165) is 25.2 Å². The van der Waals surface area contributed by atoms with E-state index in [2.05, 4.69) is 34.5 Å². The second-order valence-electron chi connectivity index (χ2n) is 6.86. The van der Waals surface area contributed by atoms with Crippen molar-refractivity contribution >= 4 is 28.8 Å². The summed E-state index contributed by atoms with van der Waals surface area (Å²) in [4.78, 5) is 22.7. The highest BCUT2D eigenvalue weighted by Gasteiger charge is 2.15. The number of carboxylic acid groups (broad SMARTS) is 2. The summed E-state index contributed by atoms with van der Waals surface area (Å²) in [6.45, 7) is 2.97. The van der Waals surface area contributed by atoms with E-state index in [1.54, 1.807) is 11.3 Å². The fourth-order valence-corrected chi connectivity index (χ4v) is 3.94. The third-order valence-corrected chi connectivity index (χ3v) is 5.40. The Morgan fingerprint density at radius 1 is 0.967 bits per heavy atom. The van der Waals surface area contributed by atoms with Crippen molar-refractivity contribution in [2.75, 3.05) is 19.6 Å². The monoisotopic (exact) mass is 429 g/mol. The summed E-state index contributed by atoms with van der Waals surface area (Å²) >= 11 is 1.72. The average molecular weight is 430 g/mol. The molecule has 3 N–H and O–H groups in total. The number of nitrogens with zero attached hydrogens (tertiary/aromatic N) is 1. The zero-order valence-corrected chi connectivity index (χ0v) is 17.5. The molecule has 30 heavy (non-hydrogen) atoms. The van der Waals surface area contributed by atoms with Gasteiger partial charge in [-0.05, 0) is 54.6 Å². The van der Waals surface area contributed by atoms with E-state index in [-0.39, 0.29) is 0 Å². The Morgan fingerprint density at radius 2 is 1.60 bits per heavy atom. The molecule has 0 radical (unpaired) electrons. The van der Waals surface area contributed by atoms with Gasteiger partial charge in [0.25, 0.3) is 0 Å². The molecule has 0 aliphatic carbocycles. The van der Waals surface area contributed by atoms with E-state index >= 15 is 0 Å². The van der Waals surface area contributed by atoms with Crippen molar-refractivity contribution in [3.8, 4) is 0 Å². The number of aliphatic hydroxyl groups excluding tert-OH is 1. The van der Waals surface area contributed by atoms with Crippen molar-refractivity contribution in [2.45, 2.75) is 25.4 Å². The molecular formula is C23H27NO5S. The van der Waals surface area contributed by atoms with Crippen molar-refractivity contribution in [1.82, 2.24) is 4.90 Å². The molecule has 1 saturated heterocycles. The first-order chi connectivity index (χ1) is 14.5. The van der Waals surface area contributed by atoms with Crippen LogP contribution in [0.2, 0.25) is 0 Å². The van der Waals surface area contributed by atoms with Crippen LogP contribution in [0.15, 0.2) is 66.1 Å². The molecule has 160 valence electrons. The topological polar surface area (TPSA) is 98.1 Å². The van der Waals surface area contributed by atoms with Crippen LogP contribution >= 0.6 is 11.3 Å². The van der Waals surface area contributed by atoms with Crippen LogP contribution in [0.5, 0.6) is 0 Å². The molecule has 0 spiro atoms. The maximum atomic E-state index is 10.5. The van der Waals surface area contributed by atoms with Crippen LogP contribution in [0, 0.1) is 0 Å². The number of likely N-dealkylation sites (tertiary alicyclic amines) is 1. The number of carboxylic acids is 2. The number of piperidine rings is 1. The van der Waals surface area contributed by atoms with Gasteiger partial charge in [0.2, 0.25) is 0 Å². The lowest BCUT2D eigenvalue weighted by atomic mass is 10.0. The minimum absolute atomic E-state index is 0.421. The number of rotatable bonds is 7. The summed E-state index contributed by atoms with van der Waals surface area (Å²) in [5.41, 5.74) is 2.31. The van der Waals surface area contributed by atoms with E-state index < -0.39 is 18.0 Å². The zero-order valence-electron chi connectivity index (χ0n) is 16.7. The second kappa shape index (κ2) is 12.7. The van der Waals surface area contributed by atoms with Crippen LogP contribution in [0.1, 0.15) is 29.7 Å². The van der Waals surface area contributed by atoms with E-state index in [1.807, 2.05) is 24.3 Å². The lowest BCUT2D eigenvalue weighted by Gasteiger charge is -2.27. The lowest BCUT2D eigenvalue weighted by Crippen LogP contribution is -2.35. The highest BCUT2D eigenvalue weighted by atomic mass is 32.1. The summed E-state index contributed by atoms with van der Waals surface area (Å²) in [5.74, 6) is -2.51. The molecule has 1 aromatic heterocycles. The summed E-state index contributed by atoms with van der Waals surface area (Å²) < 4.78 is 0. The fourth-order valence-electron chi connectivity index (χ4n) is 3.16. The second-order valence-corrected chi connectivity index (χ2v) is 7.81. The molecule has 1 aliphatic heterocycles. The SMILES string of the molecule is O=C(O)/C=C\C(=O)O.OC(/C=C(\c1ccccc1)c1cccs1)CN1CCCCC1. The molecule has 2 heterocycles. The molecule has 1 unspecified atom stereocenters. The Morgan fingerprint density at radius 3 is 2.13 bits per heavy atom. The number of aliphatic hydroxyl groups is 1. The first-order valence-electron chi connectivity index (χ1n) is 9.81. The minimum Gasteiger partial charge on any atom is -0.478 e. The summed E-state index contributed by atoms with van der Waals surface area (Å²) in [5, 5.41) is 28.2. The van der Waals surface area contributed by atoms with E-state index in [9.17, 15) is 14.7 Å². The molecule has 0 amide bonds. The highest BCUT2D eigenvalue weighted by Crippen LogP contribution is 2.27. The fraction of sp³-hybridized carbons (Fsp3) is 0.304. The molecule has 3 rings (SSSR count). The van der Waals surface area contributed by atoms with E-state index in [4.69, 9.17) is 10.2 Å². The maximum absolute atomic E-state index is 10.5. The predicted molar refractivity (Wildman–Crippen MR) is 119 cm³/mol. The van der Waals surface area contributed by atoms with Crippen molar-refractivity contribution in [3.05, 3.63) is 76.5 Å². The first-order valence-corrected chi connectivity index (χ1v) is 10.7. The van der Waals surface area contributed by atoms with Gasteiger partial charge in [-0.3, -0.25) is 0 Å². The normalized spacial score (nSPS) is 16.0. The lowest BCUT2D eigenvalue weighted by molar-refractivity contribution is -0.134. The van der Waals surface area contributed by atoms with Gasteiger partial charge >= 0.3 is 11.9 Å². The van der Waals surface area contributed by atoms with Crippen LogP contribution in [0.4, 0.5) is 0 Å². The summed E-state index contributed by atoms with van der Waals surface area (Å²) in [6, 6.07) is 14.5. The van der Waals surface area contributed by atoms with Crippen LogP contribution in [-0.4, -0.2) is 57.9 Å². The first kappa shape index (κ1) is 23.5. The van der Waals surface area contributed by atoms with Crippen LogP contribution in [0.3, 0.4) is 0 Å². The van der Waals surface area contributed by atoms with Crippen molar-refractivity contribution in [2.24, 2.45) is 0 Å². The standard InChI is InChI=1S/C19H23NOS.C4H4O4/c21-17(15-20-11-5-2-6-12-20)14-18(19-10-7-13-22-19)16-8-3-1-4-9-16;5-3(6)1-2-4(7)8/h1,3-4,7-10,13-14,17,21H,2,5-6,11-12,15H2;1-2H,(H,5,6)(H,7,8)/b18-14+;2-1-. The third kappa shape index (κ3) is 8.73. The molecule has 0 saturated carbocycles. The summed E-state index contributed by atoms with van der Waals surface area (Å²) in [7, 11) is 0. The molecule has 1 atom stereocenters. The number of hydrogen-bond acceptors (Lipinski definition) is 5. The number of thiophene rings is 1. The van der Waals surface area contributed by atoms with Gasteiger partial charge in [-0.15, -0.1) is 11.3 Å². The average Bonchev–Trinajstić information content (AvgIpc) is 3.27. The van der Waals surface area contributed by atoms with Gasteiger partial charge in [-0.2, -0.15) is 0 Å². The summed E-state index contributed by atoms with van der Waals surface area (Å²) in [6.07, 6.45) is 6.56. The van der Waals surface area contributed by atoms with Gasteiger partial charge in [0, 0.05) is 23.6 Å². The Hall–Kier alpha value is -2.74. The van der Waals surface area contributed by atoms with Crippen molar-refractivity contribution in [1.29, 1.82) is 0 Å². The van der Waals surface area contributed by atoms with E-state index in [0.29, 0.717) is 12.2 Å². The quantitative estimate of drug-likeness (QED) is 0.580. The zero-order chi connectivity index (χ0) is 21.8. The Bertz CT molecular complexity index is 824. The predicted octanol–water partition coefficient (Wildman–Crippen LogP) is 3.74. The molecule has 6 nitrogen and oxygen atoms in total. The molecule has 1 aliphatic rings. The Labute approximate surface area is 180 Å². The highest BCUT2D eigenvalue weighted by molar-refractivity contribution is 7.11. The number of carbonyl (C=O) groups is 2. The van der Waals surface area contributed by atoms with Gasteiger partial charge in [0.05, 0.1) is 6.10 Å². The number of β-amino-alcohol motifs (C(OH)–C–C–N with tert-alkyl or cyclic N) is 1. The molecule has 2 aromatic rings. The Kier molecular flexibility index (Phi) is 10.00. The number of aliphatic carboxylic acids is 2. The maximum Gasteiger partial charge on any atom is 0.328 e. The van der Waals surface area contributed by atoms with Gasteiger partial charge < -0.3 is 20.2 Å². The molecule has 0 bridgehead atoms. The van der Waals surface area contributed by atoms with Crippen molar-refractivity contribution in [3.63, 3.8) is 0 Å². The van der Waals surface area contributed by atoms with Gasteiger partial charge in [-0.1, -0.05) is 42.8 Å². The van der Waals surface area contributed by atoms with E-state index in [1.165, 1.54) is 29.7 Å². The number of hydrogen-bond donors (Lipinski definition) is 3. The van der Waals surface area contributed by atoms with Crippen molar-refractivity contribution < 1.29 is 24.9 Å². The van der Waals surface area contributed by atoms with Gasteiger partial charge in [0.15, 0.2) is 0 Å². The smallest absolute Gasteiger partial charge is 0.328 e. The molecular weight excluding hydrogens is 402 g/mol. The van der Waals surface area contributed by atoms with Crippen LogP contribution in [0.25, 0.3) is 5.57 Å². The molecule has 1 aromatic carbocycles. The largest absolute Gasteiger partial charge is 0.478 e. The van der Waals surface area contributed by atoms with Gasteiger partial charge in [0.1, 0.15) is 0 Å².